The van der Waals surface area contributed by atoms with E-state index >= 15 is 0 Å². The zero-order valence-electron chi connectivity index (χ0n) is 53.6. The van der Waals surface area contributed by atoms with Crippen LogP contribution in [0.4, 0.5) is 68.2 Å². The highest BCUT2D eigenvalue weighted by Gasteiger charge is 2.32. The van der Waals surface area contributed by atoms with Crippen molar-refractivity contribution >= 4 is 89.8 Å². The van der Waals surface area contributed by atoms with Crippen LogP contribution in [0.25, 0.3) is 54.9 Å². The maximum absolute atomic E-state index is 7.32. The Kier molecular flexibility index (Phi) is 14.2. The van der Waals surface area contributed by atoms with E-state index in [1.54, 1.807) is 0 Å². The van der Waals surface area contributed by atoms with Gasteiger partial charge in [-0.15, -0.1) is 0 Å². The molecular formula is C88H70N4O2. The van der Waals surface area contributed by atoms with Crippen molar-refractivity contribution in [3.63, 3.8) is 0 Å². The Hall–Kier alpha value is -11.6. The van der Waals surface area contributed by atoms with Gasteiger partial charge in [-0.05, 0) is 175 Å². The first-order valence-corrected chi connectivity index (χ1v) is 32.5. The van der Waals surface area contributed by atoms with Crippen molar-refractivity contribution < 1.29 is 9.47 Å². The predicted octanol–water partition coefficient (Wildman–Crippen LogP) is 25.7. The van der Waals surface area contributed by atoms with E-state index in [1.165, 1.54) is 33.0 Å². The molecule has 0 unspecified atom stereocenters. The Morgan fingerprint density at radius 3 is 0.947 bits per heavy atom. The topological polar surface area (TPSA) is 31.4 Å². The normalized spacial score (nSPS) is 12.5. The second-order valence-electron chi connectivity index (χ2n) is 26.6. The van der Waals surface area contributed by atoms with E-state index in [-0.39, 0.29) is 10.8 Å². The summed E-state index contributed by atoms with van der Waals surface area (Å²) in [7, 11) is 0. The minimum absolute atomic E-state index is 0.0157. The molecule has 454 valence electrons. The molecule has 0 bridgehead atoms. The summed E-state index contributed by atoms with van der Waals surface area (Å²) >= 11 is 0. The van der Waals surface area contributed by atoms with E-state index in [4.69, 9.17) is 9.47 Å². The molecule has 0 amide bonds. The van der Waals surface area contributed by atoms with Crippen molar-refractivity contribution in [2.45, 2.75) is 52.4 Å². The van der Waals surface area contributed by atoms with Crippen LogP contribution in [0.15, 0.2) is 315 Å². The monoisotopic (exact) mass is 1210 g/mol. The van der Waals surface area contributed by atoms with E-state index in [9.17, 15) is 0 Å². The Labute approximate surface area is 551 Å². The molecule has 14 aromatic rings. The van der Waals surface area contributed by atoms with Crippen molar-refractivity contribution in [1.29, 1.82) is 0 Å². The Bertz CT molecular complexity index is 4810. The van der Waals surface area contributed by atoms with Gasteiger partial charge in [0.2, 0.25) is 0 Å². The molecular weight excluding hydrogens is 1140 g/mol. The van der Waals surface area contributed by atoms with Crippen LogP contribution in [0, 0.1) is 0 Å². The van der Waals surface area contributed by atoms with Gasteiger partial charge in [-0.2, -0.15) is 0 Å². The first-order valence-electron chi connectivity index (χ1n) is 32.5. The highest BCUT2D eigenvalue weighted by molar-refractivity contribution is 6.02. The van der Waals surface area contributed by atoms with Crippen LogP contribution < -0.4 is 29.1 Å². The smallest absolute Gasteiger partial charge is 0.153 e. The maximum Gasteiger partial charge on any atom is 0.153 e. The van der Waals surface area contributed by atoms with Gasteiger partial charge >= 0.3 is 0 Å². The van der Waals surface area contributed by atoms with Crippen LogP contribution in [0.5, 0.6) is 23.0 Å². The van der Waals surface area contributed by atoms with Crippen molar-refractivity contribution in [1.82, 2.24) is 0 Å². The lowest BCUT2D eigenvalue weighted by molar-refractivity contribution is 0.476. The first kappa shape index (κ1) is 57.6. The fraction of sp³-hybridized carbons (Fsp3) is 0.0909. The third-order valence-corrected chi connectivity index (χ3v) is 18.5. The maximum atomic E-state index is 7.32. The van der Waals surface area contributed by atoms with Gasteiger partial charge in [0.15, 0.2) is 23.0 Å². The highest BCUT2D eigenvalue weighted by Crippen LogP contribution is 2.57. The first-order chi connectivity index (χ1) is 45.8. The van der Waals surface area contributed by atoms with E-state index in [0.29, 0.717) is 0 Å². The van der Waals surface area contributed by atoms with Crippen LogP contribution in [-0.2, 0) is 10.8 Å². The molecule has 2 heterocycles. The number of fused-ring (bicyclic) bond motifs is 6. The van der Waals surface area contributed by atoms with Crippen LogP contribution in [0.3, 0.4) is 0 Å². The molecule has 94 heavy (non-hydrogen) atoms. The molecule has 0 fully saturated rings. The average Bonchev–Trinajstić information content (AvgIpc) is 0.753. The van der Waals surface area contributed by atoms with Gasteiger partial charge in [-0.1, -0.05) is 236 Å². The number of benzene rings is 14. The summed E-state index contributed by atoms with van der Waals surface area (Å²) in [6, 6.07) is 114. The van der Waals surface area contributed by atoms with Crippen molar-refractivity contribution in [2.24, 2.45) is 0 Å². The molecule has 6 nitrogen and oxygen atoms in total. The summed E-state index contributed by atoms with van der Waals surface area (Å²) < 4.78 is 14.6. The lowest BCUT2D eigenvalue weighted by atomic mass is 9.87. The molecule has 0 aromatic heterocycles. The molecule has 2 aliphatic rings. The van der Waals surface area contributed by atoms with Gasteiger partial charge in [0, 0.05) is 45.7 Å². The van der Waals surface area contributed by atoms with Crippen LogP contribution >= 0.6 is 0 Å². The van der Waals surface area contributed by atoms with E-state index < -0.39 is 0 Å². The zero-order chi connectivity index (χ0) is 63.7. The van der Waals surface area contributed by atoms with Crippen LogP contribution in [-0.4, -0.2) is 0 Å². The molecule has 0 spiro atoms. The summed E-state index contributed by atoms with van der Waals surface area (Å²) in [4.78, 5) is 9.40. The summed E-state index contributed by atoms with van der Waals surface area (Å²) in [5.74, 6) is 2.97. The highest BCUT2D eigenvalue weighted by atomic mass is 16.5. The summed E-state index contributed by atoms with van der Waals surface area (Å²) in [6.07, 6.45) is 0. The number of rotatable bonds is 11. The number of anilines is 12. The van der Waals surface area contributed by atoms with Gasteiger partial charge in [0.1, 0.15) is 0 Å². The van der Waals surface area contributed by atoms with Gasteiger partial charge in [-0.25, -0.2) is 0 Å². The molecule has 0 radical (unpaired) electrons. The molecule has 0 aliphatic carbocycles. The predicted molar refractivity (Wildman–Crippen MR) is 394 cm³/mol. The molecule has 0 saturated carbocycles. The number of hydrogen-bond acceptors (Lipinski definition) is 6. The number of hydrogen-bond donors (Lipinski definition) is 0. The largest absolute Gasteiger partial charge is 0.453 e. The molecule has 0 N–H and O–H groups in total. The second kappa shape index (κ2) is 23.3. The molecule has 0 atom stereocenters. The van der Waals surface area contributed by atoms with Crippen LogP contribution in [0.2, 0.25) is 0 Å². The lowest BCUT2D eigenvalue weighted by Gasteiger charge is -2.35. The SMILES string of the molecule is CC(C)(C)c1ccc(N2c3ccc(-c4ccc5c(c4)Oc4cc(N(c6ccc(-c7ccccc7)cc6)c6cccc7ccccc67)ccc4N5c4ccc(C(C)(C)C)cc4)cc3Oc3cc(N(c4ccc(-c5ccccc5)cc4)c4cccc5ccccc45)ccc32)cc1. The minimum Gasteiger partial charge on any atom is -0.453 e. The zero-order valence-corrected chi connectivity index (χ0v) is 53.6. The third kappa shape index (κ3) is 10.6. The van der Waals surface area contributed by atoms with E-state index in [2.05, 4.69) is 377 Å². The quantitative estimate of drug-likeness (QED) is 0.128. The Morgan fingerprint density at radius 2 is 0.564 bits per heavy atom. The second-order valence-corrected chi connectivity index (χ2v) is 26.6. The van der Waals surface area contributed by atoms with Gasteiger partial charge in [0.05, 0.1) is 45.5 Å². The fourth-order valence-electron chi connectivity index (χ4n) is 13.5. The lowest BCUT2D eigenvalue weighted by Crippen LogP contribution is -2.18. The average molecular weight is 1220 g/mol. The summed E-state index contributed by atoms with van der Waals surface area (Å²) in [6.45, 7) is 13.6. The number of nitrogens with zero attached hydrogens (tertiary/aromatic N) is 4. The Balaban J connectivity index is 0.813. The Morgan fingerprint density at radius 1 is 0.255 bits per heavy atom. The van der Waals surface area contributed by atoms with Crippen LogP contribution in [0.1, 0.15) is 52.7 Å². The molecule has 6 heteroatoms. The standard InChI is InChI=1S/C88H70N4O2/c1-87(2,3)67-37-45-71(46-38-67)91-79-51-35-65(55-83(79)93-85-57-73(49-53-81(85)91)89(77-29-17-25-63-23-13-15-27-75(63)77)69-41-31-61(32-42-69)59-19-9-7-10-20-59)66-36-52-80-84(56-66)94-86-58-74(50-54-82(86)92(80)72-47-39-68(40-48-72)88(4,5)6)90(78-30-18-26-64-24-14-16-28-76(64)78)70-43-33-62(34-44-70)60-21-11-8-12-22-60/h7-58H,1-6H3. The molecule has 14 aromatic carbocycles. The van der Waals surface area contributed by atoms with Gasteiger partial charge in [0.25, 0.3) is 0 Å². The van der Waals surface area contributed by atoms with Crippen molar-refractivity contribution in [3.05, 3.63) is 327 Å². The minimum atomic E-state index is -0.0157. The van der Waals surface area contributed by atoms with E-state index in [1.807, 2.05) is 0 Å². The summed E-state index contributed by atoms with van der Waals surface area (Å²) in [5.41, 5.74) is 21.2. The molecule has 2 aliphatic heterocycles. The summed E-state index contributed by atoms with van der Waals surface area (Å²) in [5, 5.41) is 4.64. The number of ether oxygens (including phenoxy) is 2. The fourth-order valence-corrected chi connectivity index (χ4v) is 13.5. The van der Waals surface area contributed by atoms with Crippen molar-refractivity contribution in [2.75, 3.05) is 19.6 Å². The molecule has 0 saturated heterocycles. The van der Waals surface area contributed by atoms with Gasteiger partial charge in [-0.3, -0.25) is 0 Å². The van der Waals surface area contributed by atoms with Gasteiger partial charge < -0.3 is 29.1 Å². The van der Waals surface area contributed by atoms with E-state index in [0.717, 1.165) is 124 Å². The molecule has 16 rings (SSSR count). The third-order valence-electron chi connectivity index (χ3n) is 18.5. The van der Waals surface area contributed by atoms with Crippen molar-refractivity contribution in [3.8, 4) is 56.4 Å².